The van der Waals surface area contributed by atoms with E-state index in [9.17, 15) is 4.79 Å². The van der Waals surface area contributed by atoms with Crippen LogP contribution in [0, 0.1) is 0 Å². The van der Waals surface area contributed by atoms with E-state index in [0.717, 1.165) is 15.7 Å². The third-order valence-electron chi connectivity index (χ3n) is 3.47. The van der Waals surface area contributed by atoms with Crippen LogP contribution in [0.2, 0.25) is 5.02 Å². The monoisotopic (exact) mass is 379 g/mol. The number of ether oxygens (including phenoxy) is 2. The molecule has 0 fully saturated rings. The number of methoxy groups -OCH3 is 1. The molecule has 0 spiro atoms. The van der Waals surface area contributed by atoms with Gasteiger partial charge < -0.3 is 14.8 Å². The third kappa shape index (κ3) is 6.52. The minimum atomic E-state index is -0.521. The van der Waals surface area contributed by atoms with Gasteiger partial charge in [0.25, 0.3) is 5.91 Å². The first-order chi connectivity index (χ1) is 12.1. The first-order valence-corrected chi connectivity index (χ1v) is 9.45. The van der Waals surface area contributed by atoms with Gasteiger partial charge in [-0.3, -0.25) is 4.79 Å². The Balaban J connectivity index is 1.78. The summed E-state index contributed by atoms with van der Waals surface area (Å²) in [6, 6.07) is 14.9. The summed E-state index contributed by atoms with van der Waals surface area (Å²) in [4.78, 5) is 13.4. The highest BCUT2D eigenvalue weighted by atomic mass is 35.5. The normalized spacial score (nSPS) is 11.6. The first kappa shape index (κ1) is 19.5. The lowest BCUT2D eigenvalue weighted by Gasteiger charge is -2.17. The Kier molecular flexibility index (Phi) is 7.95. The van der Waals surface area contributed by atoms with E-state index in [4.69, 9.17) is 21.1 Å². The number of benzene rings is 2. The standard InChI is InChI=1S/C19H22ClNO3S/c1-3-18(24-16-6-4-5-15(13-16)23-2)19(22)21-11-12-25-17-9-7-14(20)8-10-17/h4-10,13,18H,3,11-12H2,1-2H3,(H,21,22)/t18-/m1/s1. The lowest BCUT2D eigenvalue weighted by atomic mass is 10.2. The zero-order valence-electron chi connectivity index (χ0n) is 14.3. The molecule has 2 rings (SSSR count). The van der Waals surface area contributed by atoms with Crippen LogP contribution in [0.3, 0.4) is 0 Å². The Morgan fingerprint density at radius 3 is 2.60 bits per heavy atom. The minimum absolute atomic E-state index is 0.109. The van der Waals surface area contributed by atoms with Crippen molar-refractivity contribution in [3.8, 4) is 11.5 Å². The van der Waals surface area contributed by atoms with Gasteiger partial charge in [-0.25, -0.2) is 0 Å². The van der Waals surface area contributed by atoms with Gasteiger partial charge >= 0.3 is 0 Å². The first-order valence-electron chi connectivity index (χ1n) is 8.09. The molecular formula is C19H22ClNO3S. The van der Waals surface area contributed by atoms with Gasteiger partial charge in [0.1, 0.15) is 11.5 Å². The number of carbonyl (C=O) groups is 1. The molecule has 25 heavy (non-hydrogen) atoms. The summed E-state index contributed by atoms with van der Waals surface area (Å²) in [7, 11) is 1.60. The fraction of sp³-hybridized carbons (Fsp3) is 0.316. The molecule has 2 aromatic rings. The van der Waals surface area contributed by atoms with E-state index in [-0.39, 0.29) is 5.91 Å². The summed E-state index contributed by atoms with van der Waals surface area (Å²) in [6.07, 6.45) is 0.0699. The molecule has 0 heterocycles. The molecule has 0 aliphatic heterocycles. The Labute approximate surface area is 157 Å². The largest absolute Gasteiger partial charge is 0.497 e. The second kappa shape index (κ2) is 10.2. The van der Waals surface area contributed by atoms with E-state index in [1.165, 1.54) is 0 Å². The summed E-state index contributed by atoms with van der Waals surface area (Å²) in [5.74, 6) is 1.99. The van der Waals surface area contributed by atoms with E-state index < -0.39 is 6.10 Å². The highest BCUT2D eigenvalue weighted by Crippen LogP contribution is 2.21. The average Bonchev–Trinajstić information content (AvgIpc) is 2.64. The summed E-state index contributed by atoms with van der Waals surface area (Å²) in [5, 5.41) is 3.64. The minimum Gasteiger partial charge on any atom is -0.497 e. The number of hydrogen-bond acceptors (Lipinski definition) is 4. The number of nitrogens with one attached hydrogen (secondary N) is 1. The molecule has 0 saturated heterocycles. The van der Waals surface area contributed by atoms with Gasteiger partial charge in [0.2, 0.25) is 0 Å². The number of thioether (sulfide) groups is 1. The van der Waals surface area contributed by atoms with E-state index in [1.807, 2.05) is 49.4 Å². The van der Waals surface area contributed by atoms with E-state index >= 15 is 0 Å². The van der Waals surface area contributed by atoms with Crippen LogP contribution in [0.1, 0.15) is 13.3 Å². The molecule has 0 aromatic heterocycles. The van der Waals surface area contributed by atoms with Crippen molar-refractivity contribution in [1.29, 1.82) is 0 Å². The van der Waals surface area contributed by atoms with Crippen molar-refractivity contribution in [2.75, 3.05) is 19.4 Å². The van der Waals surface area contributed by atoms with Crippen molar-refractivity contribution >= 4 is 29.3 Å². The maximum absolute atomic E-state index is 12.3. The second-order valence-electron chi connectivity index (χ2n) is 5.29. The van der Waals surface area contributed by atoms with Crippen molar-refractivity contribution in [2.24, 2.45) is 0 Å². The van der Waals surface area contributed by atoms with Gasteiger partial charge in [0, 0.05) is 28.3 Å². The topological polar surface area (TPSA) is 47.6 Å². The zero-order valence-corrected chi connectivity index (χ0v) is 15.9. The van der Waals surface area contributed by atoms with Crippen molar-refractivity contribution in [2.45, 2.75) is 24.3 Å². The van der Waals surface area contributed by atoms with Crippen LogP contribution in [0.4, 0.5) is 0 Å². The molecule has 0 bridgehead atoms. The zero-order chi connectivity index (χ0) is 18.1. The van der Waals surface area contributed by atoms with Gasteiger partial charge in [-0.05, 0) is 42.8 Å². The number of hydrogen-bond donors (Lipinski definition) is 1. The van der Waals surface area contributed by atoms with Gasteiger partial charge in [-0.2, -0.15) is 0 Å². The Morgan fingerprint density at radius 1 is 1.20 bits per heavy atom. The summed E-state index contributed by atoms with van der Waals surface area (Å²) in [6.45, 7) is 2.50. The van der Waals surface area contributed by atoms with Gasteiger partial charge in [-0.1, -0.05) is 24.6 Å². The quantitative estimate of drug-likeness (QED) is 0.517. The highest BCUT2D eigenvalue weighted by molar-refractivity contribution is 7.99. The molecule has 1 amide bonds. The van der Waals surface area contributed by atoms with Crippen LogP contribution in [0.15, 0.2) is 53.4 Å². The molecule has 134 valence electrons. The van der Waals surface area contributed by atoms with Crippen LogP contribution in [0.25, 0.3) is 0 Å². The number of halogens is 1. The van der Waals surface area contributed by atoms with E-state index in [1.54, 1.807) is 24.9 Å². The van der Waals surface area contributed by atoms with Gasteiger partial charge in [-0.15, -0.1) is 11.8 Å². The molecule has 0 radical (unpaired) electrons. The molecule has 1 N–H and O–H groups in total. The lowest BCUT2D eigenvalue weighted by Crippen LogP contribution is -2.39. The van der Waals surface area contributed by atoms with Gasteiger partial charge in [0.15, 0.2) is 6.10 Å². The van der Waals surface area contributed by atoms with Crippen molar-refractivity contribution < 1.29 is 14.3 Å². The number of carbonyl (C=O) groups excluding carboxylic acids is 1. The SMILES string of the molecule is CC[C@@H](Oc1cccc(OC)c1)C(=O)NCCSc1ccc(Cl)cc1. The molecule has 0 aliphatic rings. The Bertz CT molecular complexity index is 679. The fourth-order valence-electron chi connectivity index (χ4n) is 2.15. The highest BCUT2D eigenvalue weighted by Gasteiger charge is 2.18. The lowest BCUT2D eigenvalue weighted by molar-refractivity contribution is -0.127. The Hall–Kier alpha value is -1.85. The summed E-state index contributed by atoms with van der Waals surface area (Å²) >= 11 is 7.53. The van der Waals surface area contributed by atoms with Crippen molar-refractivity contribution in [3.05, 3.63) is 53.6 Å². The van der Waals surface area contributed by atoms with Crippen LogP contribution in [-0.2, 0) is 4.79 Å². The van der Waals surface area contributed by atoms with Crippen LogP contribution in [-0.4, -0.2) is 31.4 Å². The molecule has 6 heteroatoms. The van der Waals surface area contributed by atoms with E-state index in [2.05, 4.69) is 5.32 Å². The van der Waals surface area contributed by atoms with Crippen LogP contribution < -0.4 is 14.8 Å². The Morgan fingerprint density at radius 2 is 1.92 bits per heavy atom. The maximum atomic E-state index is 12.3. The average molecular weight is 380 g/mol. The number of rotatable bonds is 9. The molecule has 0 saturated carbocycles. The van der Waals surface area contributed by atoms with Crippen LogP contribution >= 0.6 is 23.4 Å². The molecule has 1 atom stereocenters. The molecule has 4 nitrogen and oxygen atoms in total. The number of amides is 1. The predicted molar refractivity (Wildman–Crippen MR) is 103 cm³/mol. The van der Waals surface area contributed by atoms with Gasteiger partial charge in [0.05, 0.1) is 7.11 Å². The van der Waals surface area contributed by atoms with Crippen LogP contribution in [0.5, 0.6) is 11.5 Å². The summed E-state index contributed by atoms with van der Waals surface area (Å²) < 4.78 is 11.0. The molecular weight excluding hydrogens is 358 g/mol. The third-order valence-corrected chi connectivity index (χ3v) is 4.73. The molecule has 0 unspecified atom stereocenters. The maximum Gasteiger partial charge on any atom is 0.261 e. The molecule has 2 aromatic carbocycles. The second-order valence-corrected chi connectivity index (χ2v) is 6.89. The predicted octanol–water partition coefficient (Wildman–Crippen LogP) is 4.41. The van der Waals surface area contributed by atoms with Crippen molar-refractivity contribution in [3.63, 3.8) is 0 Å². The molecule has 0 aliphatic carbocycles. The summed E-state index contributed by atoms with van der Waals surface area (Å²) in [5.41, 5.74) is 0. The van der Waals surface area contributed by atoms with Crippen molar-refractivity contribution in [1.82, 2.24) is 5.32 Å². The smallest absolute Gasteiger partial charge is 0.261 e. The fourth-order valence-corrected chi connectivity index (χ4v) is 3.04. The van der Waals surface area contributed by atoms with E-state index in [0.29, 0.717) is 24.5 Å².